The van der Waals surface area contributed by atoms with Gasteiger partial charge in [0.25, 0.3) is 0 Å². The van der Waals surface area contributed by atoms with Gasteiger partial charge >= 0.3 is 0 Å². The van der Waals surface area contributed by atoms with E-state index in [-0.39, 0.29) is 56.0 Å². The van der Waals surface area contributed by atoms with Gasteiger partial charge in [-0.3, -0.25) is 9.59 Å². The summed E-state index contributed by atoms with van der Waals surface area (Å²) in [4.78, 5) is 26.1. The number of sulfonamides is 2. The monoisotopic (exact) mass is 534 g/mol. The molecule has 196 valence electrons. The largest absolute Gasteiger partial charge is 0.289 e. The molecule has 0 aromatic heterocycles. The Labute approximate surface area is 214 Å². The fourth-order valence-corrected chi connectivity index (χ4v) is 5.85. The van der Waals surface area contributed by atoms with E-state index in [0.29, 0.717) is 12.8 Å². The van der Waals surface area contributed by atoms with Crippen molar-refractivity contribution in [2.45, 2.75) is 64.2 Å². The summed E-state index contributed by atoms with van der Waals surface area (Å²) in [5, 5.41) is 0. The molecule has 1 aliphatic carbocycles. The van der Waals surface area contributed by atoms with Gasteiger partial charge in [-0.05, 0) is 60.1 Å². The number of hydrogen-bond donors (Lipinski definition) is 2. The normalized spacial score (nSPS) is 14.5. The predicted octanol–water partition coefficient (Wildman–Crippen LogP) is 3.89. The second kappa shape index (κ2) is 9.81. The Morgan fingerprint density at radius 1 is 0.583 bits per heavy atom. The van der Waals surface area contributed by atoms with E-state index < -0.39 is 31.6 Å². The third-order valence-corrected chi connectivity index (χ3v) is 8.83. The van der Waals surface area contributed by atoms with Crippen LogP contribution in [0.25, 0.3) is 0 Å². The predicted molar refractivity (Wildman–Crippen MR) is 138 cm³/mol. The van der Waals surface area contributed by atoms with Gasteiger partial charge in [-0.2, -0.15) is 0 Å². The molecule has 0 bridgehead atoms. The Morgan fingerprint density at radius 2 is 0.917 bits per heavy atom. The average molecular weight is 535 g/mol. The molecule has 36 heavy (non-hydrogen) atoms. The number of nitrogens with one attached hydrogen (secondary N) is 2. The first-order chi connectivity index (χ1) is 16.4. The summed E-state index contributed by atoms with van der Waals surface area (Å²) in [5.74, 6) is -1.06. The van der Waals surface area contributed by atoms with Crippen molar-refractivity contribution in [2.75, 3.05) is 13.1 Å². The number of ketones is 2. The van der Waals surface area contributed by atoms with Crippen molar-refractivity contribution >= 4 is 31.6 Å². The zero-order chi connectivity index (χ0) is 27.1. The lowest BCUT2D eigenvalue weighted by Gasteiger charge is -2.20. The van der Waals surface area contributed by atoms with Crippen molar-refractivity contribution in [3.05, 3.63) is 58.7 Å². The summed E-state index contributed by atoms with van der Waals surface area (Å²) in [7, 11) is -7.82. The first-order valence-corrected chi connectivity index (χ1v) is 14.7. The van der Waals surface area contributed by atoms with Gasteiger partial charge in [-0.15, -0.1) is 0 Å². The van der Waals surface area contributed by atoms with E-state index in [0.717, 1.165) is 0 Å². The summed E-state index contributed by atoms with van der Waals surface area (Å²) in [6.07, 6.45) is 1.23. The molecule has 0 saturated heterocycles. The smallest absolute Gasteiger partial charge is 0.240 e. The molecule has 0 fully saturated rings. The van der Waals surface area contributed by atoms with Crippen molar-refractivity contribution in [1.82, 2.24) is 9.44 Å². The van der Waals surface area contributed by atoms with Crippen LogP contribution in [0.15, 0.2) is 46.2 Å². The van der Waals surface area contributed by atoms with E-state index in [1.54, 1.807) is 0 Å². The molecule has 3 rings (SSSR count). The van der Waals surface area contributed by atoms with E-state index in [1.165, 1.54) is 36.4 Å². The molecule has 8 nitrogen and oxygen atoms in total. The summed E-state index contributed by atoms with van der Waals surface area (Å²) in [6.45, 7) is 12.4. The van der Waals surface area contributed by atoms with Crippen LogP contribution >= 0.6 is 0 Å². The number of benzene rings is 2. The summed E-state index contributed by atoms with van der Waals surface area (Å²) < 4.78 is 56.3. The lowest BCUT2D eigenvalue weighted by Crippen LogP contribution is -2.29. The molecule has 0 amide bonds. The Balaban J connectivity index is 1.92. The lowest BCUT2D eigenvalue weighted by atomic mass is 9.84. The minimum Gasteiger partial charge on any atom is -0.289 e. The topological polar surface area (TPSA) is 126 Å². The third-order valence-electron chi connectivity index (χ3n) is 5.92. The van der Waals surface area contributed by atoms with Crippen LogP contribution in [0.3, 0.4) is 0 Å². The molecule has 0 heterocycles. The molecular weight excluding hydrogens is 500 g/mol. The number of carbonyl (C=O) groups excluding carboxylic acids is 2. The molecule has 0 unspecified atom stereocenters. The Kier molecular flexibility index (Phi) is 7.68. The quantitative estimate of drug-likeness (QED) is 0.451. The minimum absolute atomic E-state index is 0.0654. The lowest BCUT2D eigenvalue weighted by molar-refractivity contribution is 0.0978. The summed E-state index contributed by atoms with van der Waals surface area (Å²) in [6, 6.07) is 7.62. The fraction of sp³-hybridized carbons (Fsp3) is 0.462. The second-order valence-corrected chi connectivity index (χ2v) is 15.0. The maximum atomic E-state index is 13.3. The van der Waals surface area contributed by atoms with E-state index >= 15 is 0 Å². The standard InChI is InChI=1S/C26H34N2O6S2/c1-25(2,3)11-13-27-35(31,32)17-7-9-19-21(15-17)24(30)22-16-18(8-10-20(22)23(19)29)36(33,34)28-14-12-26(4,5)6/h7-10,15-16,27-28H,11-14H2,1-6H3. The third kappa shape index (κ3) is 6.47. The van der Waals surface area contributed by atoms with E-state index in [4.69, 9.17) is 0 Å². The maximum Gasteiger partial charge on any atom is 0.240 e. The van der Waals surface area contributed by atoms with Crippen LogP contribution in [0.4, 0.5) is 0 Å². The number of carbonyl (C=O) groups is 2. The van der Waals surface area contributed by atoms with Crippen molar-refractivity contribution in [2.24, 2.45) is 10.8 Å². The van der Waals surface area contributed by atoms with Crippen LogP contribution in [0.2, 0.25) is 0 Å². The number of rotatable bonds is 8. The van der Waals surface area contributed by atoms with Gasteiger partial charge in [0, 0.05) is 35.3 Å². The molecule has 2 aromatic rings. The Morgan fingerprint density at radius 3 is 1.25 bits per heavy atom. The van der Waals surface area contributed by atoms with Gasteiger partial charge in [-0.1, -0.05) is 41.5 Å². The van der Waals surface area contributed by atoms with E-state index in [1.807, 2.05) is 41.5 Å². The molecule has 0 spiro atoms. The second-order valence-electron chi connectivity index (χ2n) is 11.5. The molecule has 0 radical (unpaired) electrons. The van der Waals surface area contributed by atoms with Crippen LogP contribution in [0.1, 0.15) is 86.2 Å². The molecule has 0 aliphatic heterocycles. The van der Waals surface area contributed by atoms with Crippen LogP contribution in [-0.4, -0.2) is 41.5 Å². The molecule has 2 aromatic carbocycles. The molecule has 0 atom stereocenters. The van der Waals surface area contributed by atoms with Crippen LogP contribution < -0.4 is 9.44 Å². The van der Waals surface area contributed by atoms with Crippen molar-refractivity contribution in [3.8, 4) is 0 Å². The fourth-order valence-electron chi connectivity index (χ4n) is 3.73. The van der Waals surface area contributed by atoms with Crippen LogP contribution in [-0.2, 0) is 20.0 Å². The van der Waals surface area contributed by atoms with Gasteiger partial charge in [0.05, 0.1) is 9.79 Å². The zero-order valence-electron chi connectivity index (χ0n) is 21.6. The molecule has 1 aliphatic rings. The van der Waals surface area contributed by atoms with E-state index in [2.05, 4.69) is 9.44 Å². The minimum atomic E-state index is -3.91. The average Bonchev–Trinajstić information content (AvgIpc) is 2.74. The highest BCUT2D eigenvalue weighted by Gasteiger charge is 2.32. The van der Waals surface area contributed by atoms with Gasteiger partial charge in [0.15, 0.2) is 11.6 Å². The first kappa shape index (κ1) is 28.2. The van der Waals surface area contributed by atoms with Gasteiger partial charge in [-0.25, -0.2) is 26.3 Å². The number of hydrogen-bond acceptors (Lipinski definition) is 6. The highest BCUT2D eigenvalue weighted by Crippen LogP contribution is 2.31. The molecule has 0 saturated carbocycles. The maximum absolute atomic E-state index is 13.3. The van der Waals surface area contributed by atoms with E-state index in [9.17, 15) is 26.4 Å². The van der Waals surface area contributed by atoms with Gasteiger partial charge < -0.3 is 0 Å². The summed E-state index contributed by atoms with van der Waals surface area (Å²) >= 11 is 0. The highest BCUT2D eigenvalue weighted by molar-refractivity contribution is 7.89. The SMILES string of the molecule is CC(C)(C)CCNS(=O)(=O)c1ccc2c(c1)C(=O)c1cc(S(=O)(=O)NCCC(C)(C)C)ccc1C2=O. The van der Waals surface area contributed by atoms with Gasteiger partial charge in [0.2, 0.25) is 20.0 Å². The first-order valence-electron chi connectivity index (χ1n) is 11.8. The Hall–Kier alpha value is -2.40. The summed E-state index contributed by atoms with van der Waals surface area (Å²) in [5.41, 5.74) is -0.100. The molecular formula is C26H34N2O6S2. The Bertz CT molecular complexity index is 1310. The molecule has 2 N–H and O–H groups in total. The van der Waals surface area contributed by atoms with Crippen molar-refractivity contribution in [3.63, 3.8) is 0 Å². The number of fused-ring (bicyclic) bond motifs is 2. The van der Waals surface area contributed by atoms with Crippen molar-refractivity contribution < 1.29 is 26.4 Å². The van der Waals surface area contributed by atoms with Crippen LogP contribution in [0.5, 0.6) is 0 Å². The van der Waals surface area contributed by atoms with Crippen LogP contribution in [0, 0.1) is 10.8 Å². The zero-order valence-corrected chi connectivity index (χ0v) is 23.2. The molecule has 10 heteroatoms. The highest BCUT2D eigenvalue weighted by atomic mass is 32.2. The van der Waals surface area contributed by atoms with Gasteiger partial charge in [0.1, 0.15) is 0 Å². The van der Waals surface area contributed by atoms with Crippen molar-refractivity contribution in [1.29, 1.82) is 0 Å².